The Morgan fingerprint density at radius 2 is 1.60 bits per heavy atom. The van der Waals surface area contributed by atoms with Crippen molar-refractivity contribution < 1.29 is 14.6 Å². The van der Waals surface area contributed by atoms with Crippen molar-refractivity contribution in [1.29, 1.82) is 0 Å². The Kier molecular flexibility index (Phi) is 4.39. The summed E-state index contributed by atoms with van der Waals surface area (Å²) in [6.45, 7) is 3.57. The third kappa shape index (κ3) is 3.30. The predicted octanol–water partition coefficient (Wildman–Crippen LogP) is 4.44. The molecule has 0 amide bonds. The van der Waals surface area contributed by atoms with Crippen LogP contribution in [0.2, 0.25) is 0 Å². The monoisotopic (exact) mass is 334 g/mol. The number of para-hydroxylation sites is 1. The number of nitrogens with zero attached hydrogens (tertiary/aromatic N) is 1. The number of ether oxygens (including phenoxy) is 1. The van der Waals surface area contributed by atoms with Crippen molar-refractivity contribution in [2.75, 3.05) is 5.73 Å². The van der Waals surface area contributed by atoms with Crippen LogP contribution in [0.5, 0.6) is 11.5 Å². The maximum absolute atomic E-state index is 11.5. The zero-order chi connectivity index (χ0) is 18.0. The third-order valence-corrected chi connectivity index (χ3v) is 3.99. The molecular weight excluding hydrogens is 316 g/mol. The standard InChI is InChI=1S/C20H18N2O3/c1-12-17(13(2)22-19(21)18(12)20(23)24)14-8-10-16(11-9-14)25-15-6-4-3-5-7-15/h3-11H,1-2H3,(H2,21,22)(H,23,24). The molecule has 3 aromatic rings. The lowest BCUT2D eigenvalue weighted by molar-refractivity contribution is 0.0697. The van der Waals surface area contributed by atoms with Crippen LogP contribution in [0, 0.1) is 13.8 Å². The van der Waals surface area contributed by atoms with Crippen LogP contribution in [0.3, 0.4) is 0 Å². The van der Waals surface area contributed by atoms with Crippen LogP contribution in [0.15, 0.2) is 54.6 Å². The average molecular weight is 334 g/mol. The van der Waals surface area contributed by atoms with Gasteiger partial charge >= 0.3 is 5.97 Å². The van der Waals surface area contributed by atoms with Gasteiger partial charge in [0, 0.05) is 11.3 Å². The number of hydrogen-bond acceptors (Lipinski definition) is 4. The number of aryl methyl sites for hydroxylation is 1. The van der Waals surface area contributed by atoms with Gasteiger partial charge in [-0.2, -0.15) is 0 Å². The van der Waals surface area contributed by atoms with Crippen molar-refractivity contribution >= 4 is 11.8 Å². The summed E-state index contributed by atoms with van der Waals surface area (Å²) in [5.41, 5.74) is 8.75. The van der Waals surface area contributed by atoms with E-state index in [1.807, 2.05) is 61.5 Å². The van der Waals surface area contributed by atoms with Gasteiger partial charge in [0.1, 0.15) is 22.9 Å². The Hall–Kier alpha value is -3.34. The summed E-state index contributed by atoms with van der Waals surface area (Å²) in [6.07, 6.45) is 0. The van der Waals surface area contributed by atoms with Crippen molar-refractivity contribution in [1.82, 2.24) is 4.98 Å². The number of pyridine rings is 1. The minimum atomic E-state index is -1.08. The van der Waals surface area contributed by atoms with Crippen molar-refractivity contribution in [3.63, 3.8) is 0 Å². The summed E-state index contributed by atoms with van der Waals surface area (Å²) in [5, 5.41) is 9.38. The van der Waals surface area contributed by atoms with E-state index in [0.29, 0.717) is 17.0 Å². The molecule has 0 saturated carbocycles. The molecule has 0 unspecified atom stereocenters. The van der Waals surface area contributed by atoms with Crippen LogP contribution >= 0.6 is 0 Å². The molecule has 3 rings (SSSR count). The molecule has 0 bridgehead atoms. The number of anilines is 1. The van der Waals surface area contributed by atoms with Crippen LogP contribution < -0.4 is 10.5 Å². The normalized spacial score (nSPS) is 10.5. The van der Waals surface area contributed by atoms with Crippen LogP contribution in [0.4, 0.5) is 5.82 Å². The zero-order valence-electron chi connectivity index (χ0n) is 14.0. The summed E-state index contributed by atoms with van der Waals surface area (Å²) in [6, 6.07) is 17.0. The van der Waals surface area contributed by atoms with E-state index in [1.165, 1.54) is 0 Å². The number of benzene rings is 2. The number of nitrogen functional groups attached to an aromatic ring is 1. The summed E-state index contributed by atoms with van der Waals surface area (Å²) in [5.74, 6) is 0.417. The second kappa shape index (κ2) is 6.65. The topological polar surface area (TPSA) is 85.4 Å². The fourth-order valence-electron chi connectivity index (χ4n) is 2.89. The Balaban J connectivity index is 1.98. The molecule has 1 heterocycles. The Labute approximate surface area is 145 Å². The number of hydrogen-bond donors (Lipinski definition) is 2. The van der Waals surface area contributed by atoms with E-state index in [9.17, 15) is 9.90 Å². The fraction of sp³-hybridized carbons (Fsp3) is 0.100. The molecule has 2 aromatic carbocycles. The maximum Gasteiger partial charge on any atom is 0.339 e. The first-order valence-electron chi connectivity index (χ1n) is 7.80. The Morgan fingerprint density at radius 3 is 2.20 bits per heavy atom. The van der Waals surface area contributed by atoms with E-state index in [0.717, 1.165) is 16.9 Å². The van der Waals surface area contributed by atoms with Gasteiger partial charge < -0.3 is 15.6 Å². The number of rotatable bonds is 4. The molecule has 5 nitrogen and oxygen atoms in total. The molecule has 0 saturated heterocycles. The van der Waals surface area contributed by atoms with Crippen molar-refractivity contribution in [2.24, 2.45) is 0 Å². The highest BCUT2D eigenvalue weighted by Gasteiger charge is 2.19. The van der Waals surface area contributed by atoms with Crippen LogP contribution in [0.1, 0.15) is 21.6 Å². The molecule has 0 aliphatic carbocycles. The summed E-state index contributed by atoms with van der Waals surface area (Å²) >= 11 is 0. The molecule has 126 valence electrons. The minimum absolute atomic E-state index is 0.0373. The van der Waals surface area contributed by atoms with Gasteiger partial charge in [-0.25, -0.2) is 9.78 Å². The molecule has 1 aromatic heterocycles. The minimum Gasteiger partial charge on any atom is -0.478 e. The maximum atomic E-state index is 11.5. The van der Waals surface area contributed by atoms with Gasteiger partial charge in [0.2, 0.25) is 0 Å². The van der Waals surface area contributed by atoms with E-state index in [4.69, 9.17) is 10.5 Å². The highest BCUT2D eigenvalue weighted by Crippen LogP contribution is 2.32. The smallest absolute Gasteiger partial charge is 0.339 e. The van der Waals surface area contributed by atoms with Gasteiger partial charge in [-0.05, 0) is 49.2 Å². The van der Waals surface area contributed by atoms with Crippen molar-refractivity contribution in [3.05, 3.63) is 71.4 Å². The van der Waals surface area contributed by atoms with Gasteiger partial charge in [-0.15, -0.1) is 0 Å². The Morgan fingerprint density at radius 1 is 1.00 bits per heavy atom. The molecule has 3 N–H and O–H groups in total. The van der Waals surface area contributed by atoms with Crippen molar-refractivity contribution in [3.8, 4) is 22.6 Å². The first kappa shape index (κ1) is 16.5. The second-order valence-corrected chi connectivity index (χ2v) is 5.70. The number of nitrogens with two attached hydrogens (primary N) is 1. The molecule has 0 aliphatic heterocycles. The highest BCUT2D eigenvalue weighted by molar-refractivity contribution is 5.97. The summed E-state index contributed by atoms with van der Waals surface area (Å²) < 4.78 is 5.78. The van der Waals surface area contributed by atoms with E-state index in [1.54, 1.807) is 6.92 Å². The SMILES string of the molecule is Cc1nc(N)c(C(=O)O)c(C)c1-c1ccc(Oc2ccccc2)cc1. The number of aromatic nitrogens is 1. The molecule has 5 heteroatoms. The van der Waals surface area contributed by atoms with Gasteiger partial charge in [0.25, 0.3) is 0 Å². The lowest BCUT2D eigenvalue weighted by atomic mass is 9.95. The lowest BCUT2D eigenvalue weighted by Crippen LogP contribution is -2.10. The molecule has 0 aliphatic rings. The first-order valence-corrected chi connectivity index (χ1v) is 7.80. The van der Waals surface area contributed by atoms with Crippen LogP contribution in [0.25, 0.3) is 11.1 Å². The number of carboxylic acids is 1. The molecule has 0 atom stereocenters. The zero-order valence-corrected chi connectivity index (χ0v) is 14.0. The van der Waals surface area contributed by atoms with E-state index in [2.05, 4.69) is 4.98 Å². The average Bonchev–Trinajstić information content (AvgIpc) is 2.56. The fourth-order valence-corrected chi connectivity index (χ4v) is 2.89. The number of aromatic carboxylic acids is 1. The highest BCUT2D eigenvalue weighted by atomic mass is 16.5. The Bertz CT molecular complexity index is 920. The largest absolute Gasteiger partial charge is 0.478 e. The predicted molar refractivity (Wildman–Crippen MR) is 97.0 cm³/mol. The lowest BCUT2D eigenvalue weighted by Gasteiger charge is -2.14. The van der Waals surface area contributed by atoms with Gasteiger partial charge in [-0.1, -0.05) is 30.3 Å². The molecule has 0 spiro atoms. The van der Waals surface area contributed by atoms with E-state index in [-0.39, 0.29) is 11.4 Å². The third-order valence-electron chi connectivity index (χ3n) is 3.99. The summed E-state index contributed by atoms with van der Waals surface area (Å²) in [4.78, 5) is 15.6. The van der Waals surface area contributed by atoms with E-state index < -0.39 is 5.97 Å². The number of carboxylic acid groups (broad SMARTS) is 1. The van der Waals surface area contributed by atoms with Crippen LogP contribution in [-0.2, 0) is 0 Å². The quantitative estimate of drug-likeness (QED) is 0.737. The molecular formula is C20H18N2O3. The van der Waals surface area contributed by atoms with Gasteiger partial charge in [0.15, 0.2) is 0 Å². The van der Waals surface area contributed by atoms with Gasteiger partial charge in [0.05, 0.1) is 0 Å². The van der Waals surface area contributed by atoms with Crippen LogP contribution in [-0.4, -0.2) is 16.1 Å². The molecule has 25 heavy (non-hydrogen) atoms. The van der Waals surface area contributed by atoms with Crippen molar-refractivity contribution in [2.45, 2.75) is 13.8 Å². The summed E-state index contributed by atoms with van der Waals surface area (Å²) in [7, 11) is 0. The molecule has 0 radical (unpaired) electrons. The van der Waals surface area contributed by atoms with Gasteiger partial charge in [-0.3, -0.25) is 0 Å². The second-order valence-electron chi connectivity index (χ2n) is 5.70. The number of carbonyl (C=O) groups is 1. The first-order chi connectivity index (χ1) is 12.0. The molecule has 0 fully saturated rings. The van der Waals surface area contributed by atoms with E-state index >= 15 is 0 Å².